The van der Waals surface area contributed by atoms with Crippen molar-refractivity contribution in [2.24, 2.45) is 0 Å². The second-order valence-corrected chi connectivity index (χ2v) is 3.21. The van der Waals surface area contributed by atoms with Crippen molar-refractivity contribution in [2.75, 3.05) is 13.2 Å². The van der Waals surface area contributed by atoms with E-state index in [4.69, 9.17) is 9.47 Å². The van der Waals surface area contributed by atoms with Gasteiger partial charge in [-0.05, 0) is 0 Å². The van der Waals surface area contributed by atoms with E-state index in [0.29, 0.717) is 0 Å². The average Bonchev–Trinajstić information content (AvgIpc) is 2.55. The predicted octanol–water partition coefficient (Wildman–Crippen LogP) is -0.938. The first kappa shape index (κ1) is 8.19. The van der Waals surface area contributed by atoms with E-state index in [1.165, 1.54) is 6.08 Å². The Morgan fingerprint density at radius 3 is 2.75 bits per heavy atom. The molecule has 2 aliphatic rings. The zero-order valence-corrected chi connectivity index (χ0v) is 6.64. The Balaban J connectivity index is 2.30. The molecular formula is C8H12O4. The molecule has 2 unspecified atom stereocenters. The van der Waals surface area contributed by atoms with Gasteiger partial charge in [0.25, 0.3) is 0 Å². The Labute approximate surface area is 70.4 Å². The van der Waals surface area contributed by atoms with Gasteiger partial charge in [0.2, 0.25) is 0 Å². The Morgan fingerprint density at radius 2 is 2.17 bits per heavy atom. The third kappa shape index (κ3) is 0.806. The topological polar surface area (TPSA) is 58.9 Å². The fraction of sp³-hybridized carbons (Fsp3) is 0.750. The lowest BCUT2D eigenvalue weighted by atomic mass is 9.93. The minimum atomic E-state index is -0.876. The van der Waals surface area contributed by atoms with Crippen molar-refractivity contribution in [1.82, 2.24) is 0 Å². The first-order chi connectivity index (χ1) is 5.70. The molecule has 0 aliphatic carbocycles. The maximum atomic E-state index is 9.54. The van der Waals surface area contributed by atoms with Gasteiger partial charge >= 0.3 is 0 Å². The molecular weight excluding hydrogens is 160 g/mol. The number of ether oxygens (including phenoxy) is 2. The van der Waals surface area contributed by atoms with Gasteiger partial charge in [0.05, 0.1) is 13.2 Å². The quantitative estimate of drug-likeness (QED) is 0.501. The summed E-state index contributed by atoms with van der Waals surface area (Å²) in [4.78, 5) is 0. The molecule has 0 bridgehead atoms. The van der Waals surface area contributed by atoms with Gasteiger partial charge in [-0.25, -0.2) is 0 Å². The van der Waals surface area contributed by atoms with E-state index in [-0.39, 0.29) is 13.2 Å². The molecule has 0 amide bonds. The van der Waals surface area contributed by atoms with E-state index in [1.54, 1.807) is 0 Å². The van der Waals surface area contributed by atoms with E-state index in [0.717, 1.165) is 0 Å². The summed E-state index contributed by atoms with van der Waals surface area (Å²) in [5.41, 5.74) is -0.876. The molecule has 2 fully saturated rings. The van der Waals surface area contributed by atoms with Crippen molar-refractivity contribution in [3.05, 3.63) is 12.7 Å². The molecule has 2 heterocycles. The minimum absolute atomic E-state index is 0.202. The smallest absolute Gasteiger partial charge is 0.143 e. The second-order valence-electron chi connectivity index (χ2n) is 3.21. The molecule has 0 aromatic carbocycles. The maximum absolute atomic E-state index is 9.54. The van der Waals surface area contributed by atoms with Gasteiger partial charge in [-0.2, -0.15) is 0 Å². The van der Waals surface area contributed by atoms with Crippen molar-refractivity contribution in [2.45, 2.75) is 23.9 Å². The van der Waals surface area contributed by atoms with E-state index < -0.39 is 23.9 Å². The third-order valence-corrected chi connectivity index (χ3v) is 2.57. The van der Waals surface area contributed by atoms with Crippen LogP contribution in [-0.2, 0) is 9.47 Å². The lowest BCUT2D eigenvalue weighted by molar-refractivity contribution is -0.0398. The van der Waals surface area contributed by atoms with Crippen LogP contribution in [0.15, 0.2) is 12.7 Å². The lowest BCUT2D eigenvalue weighted by Gasteiger charge is -2.25. The summed E-state index contributed by atoms with van der Waals surface area (Å²) in [5.74, 6) is 0. The van der Waals surface area contributed by atoms with Crippen molar-refractivity contribution in [1.29, 1.82) is 0 Å². The van der Waals surface area contributed by atoms with Crippen LogP contribution in [0.1, 0.15) is 0 Å². The molecule has 0 saturated carbocycles. The Morgan fingerprint density at radius 1 is 1.42 bits per heavy atom. The Hall–Kier alpha value is -0.420. The number of rotatable bonds is 1. The fourth-order valence-electron chi connectivity index (χ4n) is 1.86. The number of aliphatic hydroxyl groups is 2. The SMILES string of the molecule is C=C[C@]12OCC(O)[C@H]1OCC2O. The fourth-order valence-corrected chi connectivity index (χ4v) is 1.86. The molecule has 0 aromatic rings. The van der Waals surface area contributed by atoms with Crippen molar-refractivity contribution < 1.29 is 19.7 Å². The minimum Gasteiger partial charge on any atom is -0.388 e. The standard InChI is InChI=1S/C8H12O4/c1-2-8-6(10)4-11-7(8)5(9)3-12-8/h2,5-7,9-10H,1,3-4H2/t5?,6?,7-,8-/m1/s1. The number of hydrogen-bond acceptors (Lipinski definition) is 4. The lowest BCUT2D eigenvalue weighted by Crippen LogP contribution is -2.44. The number of fused-ring (bicyclic) bond motifs is 1. The second kappa shape index (κ2) is 2.53. The summed E-state index contributed by atoms with van der Waals surface area (Å²) in [6.07, 6.45) is -0.298. The number of hydrogen-bond donors (Lipinski definition) is 2. The Kier molecular flexibility index (Phi) is 1.73. The van der Waals surface area contributed by atoms with Crippen molar-refractivity contribution in [3.63, 3.8) is 0 Å². The highest BCUT2D eigenvalue weighted by molar-refractivity contribution is 5.16. The van der Waals surface area contributed by atoms with E-state index in [2.05, 4.69) is 6.58 Å². The third-order valence-electron chi connectivity index (χ3n) is 2.57. The molecule has 2 rings (SSSR count). The summed E-state index contributed by atoms with van der Waals surface area (Å²) < 4.78 is 10.5. The van der Waals surface area contributed by atoms with Gasteiger partial charge in [0.1, 0.15) is 23.9 Å². The van der Waals surface area contributed by atoms with E-state index in [1.807, 2.05) is 0 Å². The summed E-state index contributed by atoms with van der Waals surface area (Å²) >= 11 is 0. The van der Waals surface area contributed by atoms with Gasteiger partial charge in [0.15, 0.2) is 0 Å². The van der Waals surface area contributed by atoms with Crippen molar-refractivity contribution in [3.8, 4) is 0 Å². The first-order valence-corrected chi connectivity index (χ1v) is 3.96. The van der Waals surface area contributed by atoms with Gasteiger partial charge in [-0.3, -0.25) is 0 Å². The highest BCUT2D eigenvalue weighted by atomic mass is 16.6. The first-order valence-electron chi connectivity index (χ1n) is 3.96. The highest BCUT2D eigenvalue weighted by Gasteiger charge is 2.57. The summed E-state index contributed by atoms with van der Waals surface area (Å²) in [6.45, 7) is 3.99. The van der Waals surface area contributed by atoms with Gasteiger partial charge in [-0.15, -0.1) is 6.58 Å². The van der Waals surface area contributed by atoms with Crippen LogP contribution in [0.2, 0.25) is 0 Å². The van der Waals surface area contributed by atoms with Crippen LogP contribution < -0.4 is 0 Å². The van der Waals surface area contributed by atoms with Crippen LogP contribution in [0, 0.1) is 0 Å². The normalized spacial score (nSPS) is 52.3. The Bertz CT molecular complexity index is 205. The molecule has 2 saturated heterocycles. The zero-order valence-electron chi connectivity index (χ0n) is 6.64. The maximum Gasteiger partial charge on any atom is 0.143 e. The highest BCUT2D eigenvalue weighted by Crippen LogP contribution is 2.38. The van der Waals surface area contributed by atoms with Crippen LogP contribution >= 0.6 is 0 Å². The summed E-state index contributed by atoms with van der Waals surface area (Å²) in [5, 5.41) is 18.9. The molecule has 0 aromatic heterocycles. The number of aliphatic hydroxyl groups excluding tert-OH is 2. The van der Waals surface area contributed by atoms with Crippen LogP contribution in [0.4, 0.5) is 0 Å². The van der Waals surface area contributed by atoms with Crippen LogP contribution in [0.3, 0.4) is 0 Å². The van der Waals surface area contributed by atoms with E-state index in [9.17, 15) is 10.2 Å². The molecule has 0 radical (unpaired) electrons. The molecule has 4 nitrogen and oxygen atoms in total. The molecule has 12 heavy (non-hydrogen) atoms. The zero-order chi connectivity index (χ0) is 8.77. The molecule has 68 valence electrons. The molecule has 0 spiro atoms. The van der Waals surface area contributed by atoms with Gasteiger partial charge in [-0.1, -0.05) is 6.08 Å². The van der Waals surface area contributed by atoms with Crippen molar-refractivity contribution >= 4 is 0 Å². The molecule has 2 N–H and O–H groups in total. The van der Waals surface area contributed by atoms with Gasteiger partial charge in [0, 0.05) is 0 Å². The van der Waals surface area contributed by atoms with Crippen LogP contribution in [0.5, 0.6) is 0 Å². The monoisotopic (exact) mass is 172 g/mol. The molecule has 2 aliphatic heterocycles. The summed E-state index contributed by atoms with van der Waals surface area (Å²) in [6, 6.07) is 0. The van der Waals surface area contributed by atoms with Crippen LogP contribution in [0.25, 0.3) is 0 Å². The van der Waals surface area contributed by atoms with Crippen LogP contribution in [-0.4, -0.2) is 47.3 Å². The average molecular weight is 172 g/mol. The van der Waals surface area contributed by atoms with Gasteiger partial charge < -0.3 is 19.7 Å². The molecule has 4 heteroatoms. The predicted molar refractivity (Wildman–Crippen MR) is 40.6 cm³/mol. The molecule has 4 atom stereocenters. The van der Waals surface area contributed by atoms with E-state index >= 15 is 0 Å². The largest absolute Gasteiger partial charge is 0.388 e. The summed E-state index contributed by atoms with van der Waals surface area (Å²) in [7, 11) is 0.